The van der Waals surface area contributed by atoms with Gasteiger partial charge >= 0.3 is 5.97 Å². The van der Waals surface area contributed by atoms with Crippen molar-refractivity contribution in [2.45, 2.75) is 45.6 Å². The van der Waals surface area contributed by atoms with Crippen LogP contribution >= 0.6 is 0 Å². The van der Waals surface area contributed by atoms with Crippen molar-refractivity contribution in [3.63, 3.8) is 0 Å². The number of hydrogen-bond acceptors (Lipinski definition) is 2. The number of aliphatic carboxylic acids is 1. The number of fused-ring (bicyclic) bond motifs is 1. The number of benzene rings is 1. The lowest BCUT2D eigenvalue weighted by Gasteiger charge is -2.41. The fourth-order valence-electron chi connectivity index (χ4n) is 2.55. The zero-order chi connectivity index (χ0) is 13.4. The van der Waals surface area contributed by atoms with Crippen molar-refractivity contribution in [3.8, 4) is 5.75 Å². The van der Waals surface area contributed by atoms with E-state index in [1.54, 1.807) is 0 Å². The van der Waals surface area contributed by atoms with Crippen LogP contribution in [0.25, 0.3) is 0 Å². The third-order valence-electron chi connectivity index (χ3n) is 3.86. The van der Waals surface area contributed by atoms with Crippen molar-refractivity contribution in [2.24, 2.45) is 5.41 Å². The number of carboxylic acids is 1. The van der Waals surface area contributed by atoms with Gasteiger partial charge in [-0.05, 0) is 18.1 Å². The zero-order valence-corrected chi connectivity index (χ0v) is 11.2. The Bertz CT molecular complexity index is 432. The van der Waals surface area contributed by atoms with E-state index in [9.17, 15) is 4.79 Å². The molecule has 1 N–H and O–H groups in total. The van der Waals surface area contributed by atoms with Crippen molar-refractivity contribution in [3.05, 3.63) is 29.8 Å². The van der Waals surface area contributed by atoms with Crippen molar-refractivity contribution in [1.29, 1.82) is 0 Å². The Morgan fingerprint density at radius 2 is 2.06 bits per heavy atom. The van der Waals surface area contributed by atoms with E-state index < -0.39 is 11.6 Å². The molecule has 0 spiro atoms. The predicted molar refractivity (Wildman–Crippen MR) is 69.8 cm³/mol. The highest BCUT2D eigenvalue weighted by Gasteiger charge is 2.48. The van der Waals surface area contributed by atoms with Gasteiger partial charge in [0.15, 0.2) is 0 Å². The first-order valence-electron chi connectivity index (χ1n) is 6.33. The van der Waals surface area contributed by atoms with E-state index in [-0.39, 0.29) is 11.8 Å². The first-order valence-corrected chi connectivity index (χ1v) is 6.33. The highest BCUT2D eigenvalue weighted by atomic mass is 16.5. The summed E-state index contributed by atoms with van der Waals surface area (Å²) < 4.78 is 6.15. The van der Waals surface area contributed by atoms with Crippen molar-refractivity contribution in [2.75, 3.05) is 0 Å². The zero-order valence-electron chi connectivity index (χ0n) is 11.2. The summed E-state index contributed by atoms with van der Waals surface area (Å²) in [7, 11) is 0. The molecule has 98 valence electrons. The van der Waals surface area contributed by atoms with Crippen LogP contribution in [0, 0.1) is 5.41 Å². The van der Waals surface area contributed by atoms with E-state index in [0.717, 1.165) is 12.2 Å². The largest absolute Gasteiger partial charge is 0.486 e. The number of carboxylic acid groups (broad SMARTS) is 1. The van der Waals surface area contributed by atoms with Gasteiger partial charge in [0, 0.05) is 18.3 Å². The summed E-state index contributed by atoms with van der Waals surface area (Å²) in [4.78, 5) is 10.8. The molecule has 1 atom stereocenters. The monoisotopic (exact) mass is 248 g/mol. The van der Waals surface area contributed by atoms with Gasteiger partial charge in [-0.1, -0.05) is 39.0 Å². The smallest absolute Gasteiger partial charge is 0.303 e. The lowest BCUT2D eigenvalue weighted by Crippen LogP contribution is -2.47. The second kappa shape index (κ2) is 4.30. The van der Waals surface area contributed by atoms with Gasteiger partial charge in [0.1, 0.15) is 11.4 Å². The van der Waals surface area contributed by atoms with E-state index in [4.69, 9.17) is 9.84 Å². The van der Waals surface area contributed by atoms with Gasteiger partial charge in [-0.3, -0.25) is 4.79 Å². The molecule has 0 saturated carbocycles. The van der Waals surface area contributed by atoms with Crippen LogP contribution in [0.3, 0.4) is 0 Å². The number of hydrogen-bond donors (Lipinski definition) is 1. The summed E-state index contributed by atoms with van der Waals surface area (Å²) >= 11 is 0. The van der Waals surface area contributed by atoms with Gasteiger partial charge in [0.25, 0.3) is 0 Å². The summed E-state index contributed by atoms with van der Waals surface area (Å²) in [5.41, 5.74) is 0.675. The van der Waals surface area contributed by atoms with Crippen LogP contribution in [-0.4, -0.2) is 16.7 Å². The van der Waals surface area contributed by atoms with Gasteiger partial charge in [-0.25, -0.2) is 0 Å². The van der Waals surface area contributed by atoms with Crippen LogP contribution in [0.4, 0.5) is 0 Å². The summed E-state index contributed by atoms with van der Waals surface area (Å²) in [5, 5.41) is 8.92. The first kappa shape index (κ1) is 12.9. The van der Waals surface area contributed by atoms with Crippen LogP contribution in [-0.2, 0) is 11.2 Å². The SMILES string of the molecule is CC(C)(C)C1(CCC(=O)O)Cc2ccccc2O1. The molecule has 0 saturated heterocycles. The lowest BCUT2D eigenvalue weighted by molar-refractivity contribution is -0.139. The third kappa shape index (κ3) is 2.22. The minimum Gasteiger partial charge on any atom is -0.486 e. The number of para-hydroxylation sites is 1. The molecule has 3 heteroatoms. The maximum atomic E-state index is 10.8. The number of carbonyl (C=O) groups is 1. The Labute approximate surface area is 108 Å². The van der Waals surface area contributed by atoms with E-state index in [2.05, 4.69) is 26.8 Å². The molecule has 1 aliphatic heterocycles. The van der Waals surface area contributed by atoms with Gasteiger partial charge in [0.2, 0.25) is 0 Å². The highest BCUT2D eigenvalue weighted by molar-refractivity contribution is 5.66. The van der Waals surface area contributed by atoms with E-state index in [1.807, 2.05) is 18.2 Å². The maximum absolute atomic E-state index is 10.8. The molecular formula is C15H20O3. The molecule has 0 aliphatic carbocycles. The molecule has 1 aromatic rings. The molecule has 18 heavy (non-hydrogen) atoms. The molecule has 1 heterocycles. The molecular weight excluding hydrogens is 228 g/mol. The average Bonchev–Trinajstić information content (AvgIpc) is 2.65. The average molecular weight is 248 g/mol. The molecule has 1 aromatic carbocycles. The standard InChI is InChI=1S/C15H20O3/c1-14(2,3)15(9-8-13(16)17)10-11-6-4-5-7-12(11)18-15/h4-7H,8-10H2,1-3H3,(H,16,17). The Morgan fingerprint density at radius 3 is 2.61 bits per heavy atom. The van der Waals surface area contributed by atoms with E-state index >= 15 is 0 Å². The minimum absolute atomic E-state index is 0.0958. The molecule has 1 aliphatic rings. The third-order valence-corrected chi connectivity index (χ3v) is 3.86. The Kier molecular flexibility index (Phi) is 3.09. The summed E-state index contributed by atoms with van der Waals surface area (Å²) in [6, 6.07) is 7.97. The quantitative estimate of drug-likeness (QED) is 0.893. The Morgan fingerprint density at radius 1 is 1.39 bits per heavy atom. The van der Waals surface area contributed by atoms with Gasteiger partial charge in [-0.2, -0.15) is 0 Å². The minimum atomic E-state index is -0.766. The highest BCUT2D eigenvalue weighted by Crippen LogP contribution is 2.47. The van der Waals surface area contributed by atoms with Crippen LogP contribution < -0.4 is 4.74 Å². The lowest BCUT2D eigenvalue weighted by atomic mass is 9.71. The fourth-order valence-corrected chi connectivity index (χ4v) is 2.55. The second-order valence-electron chi connectivity index (χ2n) is 6.02. The van der Waals surface area contributed by atoms with E-state index in [1.165, 1.54) is 5.56 Å². The second-order valence-corrected chi connectivity index (χ2v) is 6.02. The Hall–Kier alpha value is -1.51. The molecule has 0 bridgehead atoms. The number of ether oxygens (including phenoxy) is 1. The van der Waals surface area contributed by atoms with Crippen LogP contribution in [0.1, 0.15) is 39.2 Å². The van der Waals surface area contributed by atoms with Crippen LogP contribution in [0.2, 0.25) is 0 Å². The van der Waals surface area contributed by atoms with Gasteiger partial charge < -0.3 is 9.84 Å². The fraction of sp³-hybridized carbons (Fsp3) is 0.533. The maximum Gasteiger partial charge on any atom is 0.303 e. The van der Waals surface area contributed by atoms with Gasteiger partial charge in [-0.15, -0.1) is 0 Å². The van der Waals surface area contributed by atoms with Crippen molar-refractivity contribution >= 4 is 5.97 Å². The van der Waals surface area contributed by atoms with E-state index in [0.29, 0.717) is 6.42 Å². The summed E-state index contributed by atoms with van der Waals surface area (Å²) in [5.74, 6) is 0.135. The topological polar surface area (TPSA) is 46.5 Å². The van der Waals surface area contributed by atoms with Crippen molar-refractivity contribution in [1.82, 2.24) is 0 Å². The predicted octanol–water partition coefficient (Wildman–Crippen LogP) is 3.27. The Balaban J connectivity index is 2.28. The number of rotatable bonds is 3. The normalized spacial score (nSPS) is 22.4. The molecule has 0 radical (unpaired) electrons. The summed E-state index contributed by atoms with van der Waals surface area (Å²) in [6.45, 7) is 6.34. The molecule has 0 fully saturated rings. The summed E-state index contributed by atoms with van der Waals surface area (Å²) in [6.07, 6.45) is 1.48. The molecule has 2 rings (SSSR count). The first-order chi connectivity index (χ1) is 8.34. The van der Waals surface area contributed by atoms with Crippen molar-refractivity contribution < 1.29 is 14.6 Å². The molecule has 0 aromatic heterocycles. The van der Waals surface area contributed by atoms with Crippen LogP contribution in [0.15, 0.2) is 24.3 Å². The van der Waals surface area contributed by atoms with Crippen LogP contribution in [0.5, 0.6) is 5.75 Å². The molecule has 1 unspecified atom stereocenters. The van der Waals surface area contributed by atoms with Gasteiger partial charge in [0.05, 0.1) is 0 Å². The molecule has 3 nitrogen and oxygen atoms in total. The molecule has 0 amide bonds.